The van der Waals surface area contributed by atoms with E-state index in [2.05, 4.69) is 0 Å². The standard InChI is InChI=1S/C18H21FN2O4/c1-20-8-12(7-16(20)22)17(23)21-9-14(15(10-21)18(24)25-2)11-3-5-13(19)6-4-11/h3-6,12,14-15H,7-10H2,1-2H3/t12?,14-,15+/m1/s1. The van der Waals surface area contributed by atoms with Gasteiger partial charge in [-0.05, 0) is 17.7 Å². The van der Waals surface area contributed by atoms with E-state index in [-0.39, 0.29) is 48.4 Å². The Hall–Kier alpha value is -2.44. The van der Waals surface area contributed by atoms with Crippen molar-refractivity contribution in [1.29, 1.82) is 0 Å². The molecule has 1 aromatic rings. The van der Waals surface area contributed by atoms with Crippen LogP contribution in [0.15, 0.2) is 24.3 Å². The van der Waals surface area contributed by atoms with Gasteiger partial charge in [0.15, 0.2) is 0 Å². The van der Waals surface area contributed by atoms with Gasteiger partial charge in [-0.1, -0.05) is 12.1 Å². The number of carbonyl (C=O) groups excluding carboxylic acids is 3. The molecule has 0 bridgehead atoms. The predicted molar refractivity (Wildman–Crippen MR) is 87.0 cm³/mol. The van der Waals surface area contributed by atoms with Crippen LogP contribution in [-0.4, -0.2) is 61.4 Å². The number of benzene rings is 1. The summed E-state index contributed by atoms with van der Waals surface area (Å²) in [4.78, 5) is 39.8. The number of carbonyl (C=O) groups is 3. The molecule has 3 rings (SSSR count). The second-order valence-corrected chi connectivity index (χ2v) is 6.71. The third kappa shape index (κ3) is 3.36. The monoisotopic (exact) mass is 348 g/mol. The Morgan fingerprint density at radius 1 is 1.16 bits per heavy atom. The molecular formula is C18H21FN2O4. The normalized spacial score (nSPS) is 26.2. The van der Waals surface area contributed by atoms with Crippen LogP contribution in [0.1, 0.15) is 17.9 Å². The first-order valence-electron chi connectivity index (χ1n) is 8.26. The van der Waals surface area contributed by atoms with Crippen LogP contribution < -0.4 is 0 Å². The van der Waals surface area contributed by atoms with Crippen molar-refractivity contribution in [2.45, 2.75) is 12.3 Å². The fourth-order valence-corrected chi connectivity index (χ4v) is 3.71. The molecule has 0 aliphatic carbocycles. The SMILES string of the molecule is COC(=O)[C@H]1CN(C(=O)C2CC(=O)N(C)C2)C[C@@H]1c1ccc(F)cc1. The Bertz CT molecular complexity index is 691. The van der Waals surface area contributed by atoms with Crippen molar-refractivity contribution in [2.24, 2.45) is 11.8 Å². The number of hydrogen-bond acceptors (Lipinski definition) is 4. The molecule has 0 saturated carbocycles. The van der Waals surface area contributed by atoms with E-state index in [9.17, 15) is 18.8 Å². The van der Waals surface area contributed by atoms with Crippen LogP contribution in [-0.2, 0) is 19.1 Å². The molecule has 25 heavy (non-hydrogen) atoms. The fraction of sp³-hybridized carbons (Fsp3) is 0.500. The van der Waals surface area contributed by atoms with E-state index in [1.54, 1.807) is 29.0 Å². The first-order chi connectivity index (χ1) is 11.9. The van der Waals surface area contributed by atoms with Gasteiger partial charge < -0.3 is 14.5 Å². The average Bonchev–Trinajstić information content (AvgIpc) is 3.19. The van der Waals surface area contributed by atoms with Gasteiger partial charge in [-0.2, -0.15) is 0 Å². The van der Waals surface area contributed by atoms with E-state index in [4.69, 9.17) is 4.74 Å². The van der Waals surface area contributed by atoms with E-state index in [1.807, 2.05) is 0 Å². The minimum Gasteiger partial charge on any atom is -0.469 e. The molecule has 2 heterocycles. The molecule has 2 fully saturated rings. The highest BCUT2D eigenvalue weighted by Gasteiger charge is 2.44. The van der Waals surface area contributed by atoms with E-state index >= 15 is 0 Å². The van der Waals surface area contributed by atoms with Gasteiger partial charge in [-0.15, -0.1) is 0 Å². The van der Waals surface area contributed by atoms with Crippen molar-refractivity contribution in [2.75, 3.05) is 33.8 Å². The highest BCUT2D eigenvalue weighted by molar-refractivity contribution is 5.90. The molecule has 6 nitrogen and oxygen atoms in total. The summed E-state index contributed by atoms with van der Waals surface area (Å²) >= 11 is 0. The van der Waals surface area contributed by atoms with Gasteiger partial charge in [0, 0.05) is 39.0 Å². The van der Waals surface area contributed by atoms with Crippen LogP contribution in [0.3, 0.4) is 0 Å². The number of likely N-dealkylation sites (tertiary alicyclic amines) is 2. The number of rotatable bonds is 3. The molecule has 1 aromatic carbocycles. The zero-order valence-electron chi connectivity index (χ0n) is 14.3. The van der Waals surface area contributed by atoms with Crippen LogP contribution in [0.4, 0.5) is 4.39 Å². The van der Waals surface area contributed by atoms with Crippen LogP contribution in [0.2, 0.25) is 0 Å². The van der Waals surface area contributed by atoms with Gasteiger partial charge in [0.2, 0.25) is 11.8 Å². The van der Waals surface area contributed by atoms with Crippen LogP contribution in [0.5, 0.6) is 0 Å². The summed E-state index contributed by atoms with van der Waals surface area (Å²) in [5, 5.41) is 0. The summed E-state index contributed by atoms with van der Waals surface area (Å²) in [6, 6.07) is 5.96. The first-order valence-corrected chi connectivity index (χ1v) is 8.26. The van der Waals surface area contributed by atoms with Crippen molar-refractivity contribution in [3.63, 3.8) is 0 Å². The zero-order chi connectivity index (χ0) is 18.1. The van der Waals surface area contributed by atoms with Gasteiger partial charge in [-0.3, -0.25) is 14.4 Å². The molecule has 0 spiro atoms. The van der Waals surface area contributed by atoms with E-state index in [0.717, 1.165) is 5.56 Å². The lowest BCUT2D eigenvalue weighted by Gasteiger charge is -2.20. The van der Waals surface area contributed by atoms with Crippen molar-refractivity contribution in [1.82, 2.24) is 9.80 Å². The maximum atomic E-state index is 13.2. The molecule has 1 unspecified atom stereocenters. The number of nitrogens with zero attached hydrogens (tertiary/aromatic N) is 2. The van der Waals surface area contributed by atoms with E-state index < -0.39 is 5.92 Å². The molecule has 2 amide bonds. The lowest BCUT2D eigenvalue weighted by Crippen LogP contribution is -2.36. The van der Waals surface area contributed by atoms with Crippen LogP contribution in [0, 0.1) is 17.7 Å². The Morgan fingerprint density at radius 3 is 2.40 bits per heavy atom. The molecule has 134 valence electrons. The van der Waals surface area contributed by atoms with Gasteiger partial charge in [0.1, 0.15) is 5.82 Å². The van der Waals surface area contributed by atoms with Crippen molar-refractivity contribution < 1.29 is 23.5 Å². The molecule has 0 radical (unpaired) electrons. The van der Waals surface area contributed by atoms with Gasteiger partial charge >= 0.3 is 5.97 Å². The molecular weight excluding hydrogens is 327 g/mol. The molecule has 0 N–H and O–H groups in total. The number of ether oxygens (including phenoxy) is 1. The smallest absolute Gasteiger partial charge is 0.311 e. The summed E-state index contributed by atoms with van der Waals surface area (Å²) in [5.41, 5.74) is 0.798. The quantitative estimate of drug-likeness (QED) is 0.765. The molecule has 0 aromatic heterocycles. The molecule has 2 saturated heterocycles. The topological polar surface area (TPSA) is 66.9 Å². The number of halogens is 1. The third-order valence-corrected chi connectivity index (χ3v) is 5.12. The van der Waals surface area contributed by atoms with E-state index in [0.29, 0.717) is 13.1 Å². The Balaban J connectivity index is 1.79. The molecule has 3 atom stereocenters. The summed E-state index contributed by atoms with van der Waals surface area (Å²) in [6.07, 6.45) is 0.204. The third-order valence-electron chi connectivity index (χ3n) is 5.12. The summed E-state index contributed by atoms with van der Waals surface area (Å²) in [7, 11) is 3.00. The number of methoxy groups -OCH3 is 1. The van der Waals surface area contributed by atoms with Crippen molar-refractivity contribution in [3.05, 3.63) is 35.6 Å². The lowest BCUT2D eigenvalue weighted by molar-refractivity contribution is -0.145. The maximum absolute atomic E-state index is 13.2. The zero-order valence-corrected chi connectivity index (χ0v) is 14.3. The molecule has 7 heteroatoms. The number of hydrogen-bond donors (Lipinski definition) is 0. The van der Waals surface area contributed by atoms with Crippen molar-refractivity contribution >= 4 is 17.8 Å². The number of amides is 2. The van der Waals surface area contributed by atoms with Gasteiger partial charge in [-0.25, -0.2) is 4.39 Å². The molecule has 2 aliphatic rings. The summed E-state index contributed by atoms with van der Waals surface area (Å²) in [6.45, 7) is 1.01. The first kappa shape index (κ1) is 17.4. The lowest BCUT2D eigenvalue weighted by atomic mass is 9.89. The largest absolute Gasteiger partial charge is 0.469 e. The Morgan fingerprint density at radius 2 is 1.84 bits per heavy atom. The Labute approximate surface area is 145 Å². The number of esters is 1. The van der Waals surface area contributed by atoms with E-state index in [1.165, 1.54) is 19.2 Å². The van der Waals surface area contributed by atoms with Crippen LogP contribution in [0.25, 0.3) is 0 Å². The summed E-state index contributed by atoms with van der Waals surface area (Å²) < 4.78 is 18.1. The minimum absolute atomic E-state index is 0.0443. The van der Waals surface area contributed by atoms with Gasteiger partial charge in [0.25, 0.3) is 0 Å². The summed E-state index contributed by atoms with van der Waals surface area (Å²) in [5.74, 6) is -2.00. The fourth-order valence-electron chi connectivity index (χ4n) is 3.71. The second-order valence-electron chi connectivity index (χ2n) is 6.71. The van der Waals surface area contributed by atoms with Crippen molar-refractivity contribution in [3.8, 4) is 0 Å². The molecule has 2 aliphatic heterocycles. The highest BCUT2D eigenvalue weighted by Crippen LogP contribution is 2.35. The average molecular weight is 348 g/mol. The Kier molecular flexibility index (Phi) is 4.74. The van der Waals surface area contributed by atoms with Gasteiger partial charge in [0.05, 0.1) is 18.9 Å². The second kappa shape index (κ2) is 6.82. The van der Waals surface area contributed by atoms with Crippen LogP contribution >= 0.6 is 0 Å². The maximum Gasteiger partial charge on any atom is 0.311 e. The predicted octanol–water partition coefficient (Wildman–Crippen LogP) is 1.02. The highest BCUT2D eigenvalue weighted by atomic mass is 19.1. The minimum atomic E-state index is -0.491.